The summed E-state index contributed by atoms with van der Waals surface area (Å²) < 4.78 is 1.81. The van der Waals surface area contributed by atoms with Gasteiger partial charge in [-0.3, -0.25) is 9.48 Å². The summed E-state index contributed by atoms with van der Waals surface area (Å²) in [4.78, 5) is 15.1. The Bertz CT molecular complexity index is 514. The molecular weight excluding hydrogens is 278 g/mol. The van der Waals surface area contributed by atoms with Crippen molar-refractivity contribution in [2.75, 3.05) is 32.7 Å². The van der Waals surface area contributed by atoms with Gasteiger partial charge in [0, 0.05) is 44.8 Å². The van der Waals surface area contributed by atoms with Gasteiger partial charge >= 0.3 is 0 Å². The van der Waals surface area contributed by atoms with Crippen LogP contribution >= 0.6 is 0 Å². The second-order valence-corrected chi connectivity index (χ2v) is 6.56. The number of amides is 1. The Labute approximate surface area is 132 Å². The molecule has 0 aliphatic carbocycles. The molecule has 6 heteroatoms. The normalized spacial score (nSPS) is 29.6. The fraction of sp³-hybridized carbons (Fsp3) is 0.750. The molecular formula is C16H27N5O. The number of hydrogen-bond donors (Lipinski definition) is 2. The van der Waals surface area contributed by atoms with Crippen LogP contribution in [0.5, 0.6) is 0 Å². The summed E-state index contributed by atoms with van der Waals surface area (Å²) in [5.74, 6) is 0.447. The summed E-state index contributed by atoms with van der Waals surface area (Å²) in [6, 6.07) is 0.302. The van der Waals surface area contributed by atoms with E-state index >= 15 is 0 Å². The molecule has 122 valence electrons. The highest BCUT2D eigenvalue weighted by Gasteiger charge is 2.35. The molecule has 2 saturated heterocycles. The summed E-state index contributed by atoms with van der Waals surface area (Å²) in [6.07, 6.45) is 6.18. The minimum Gasteiger partial charge on any atom is -0.352 e. The lowest BCUT2D eigenvalue weighted by Crippen LogP contribution is -2.49. The Morgan fingerprint density at radius 2 is 2.36 bits per heavy atom. The number of nitrogens with one attached hydrogen (secondary N) is 2. The van der Waals surface area contributed by atoms with Crippen molar-refractivity contribution in [3.8, 4) is 0 Å². The van der Waals surface area contributed by atoms with E-state index in [1.165, 1.54) is 6.42 Å². The Morgan fingerprint density at radius 3 is 3.09 bits per heavy atom. The van der Waals surface area contributed by atoms with Crippen molar-refractivity contribution >= 4 is 5.91 Å². The lowest BCUT2D eigenvalue weighted by molar-refractivity contribution is -0.125. The molecule has 1 aromatic rings. The molecule has 6 nitrogen and oxygen atoms in total. The van der Waals surface area contributed by atoms with Gasteiger partial charge in [-0.15, -0.1) is 0 Å². The van der Waals surface area contributed by atoms with Crippen molar-refractivity contribution < 1.29 is 4.79 Å². The molecule has 0 spiro atoms. The topological polar surface area (TPSA) is 62.2 Å². The molecule has 0 bridgehead atoms. The molecule has 22 heavy (non-hydrogen) atoms. The van der Waals surface area contributed by atoms with Crippen LogP contribution in [0, 0.1) is 5.92 Å². The van der Waals surface area contributed by atoms with Crippen LogP contribution < -0.4 is 10.6 Å². The smallest absolute Gasteiger partial charge is 0.225 e. The standard InChI is InChI=1S/C16H27N5O/c1-3-21-6-4-5-13(11-21)19-16(22)15-9-17-8-14(15)12-7-18-20(2)10-12/h7,10,13-15,17H,3-6,8-9,11H2,1-2H3,(H,19,22)/t13?,14-,15+/m1/s1. The van der Waals surface area contributed by atoms with Gasteiger partial charge in [0.05, 0.1) is 12.1 Å². The average Bonchev–Trinajstić information content (AvgIpc) is 3.15. The number of aryl methyl sites for hydroxylation is 1. The molecule has 2 N–H and O–H groups in total. The van der Waals surface area contributed by atoms with Gasteiger partial charge in [0.15, 0.2) is 0 Å². The minimum absolute atomic E-state index is 0.0150. The maximum absolute atomic E-state index is 12.7. The highest BCUT2D eigenvalue weighted by atomic mass is 16.2. The largest absolute Gasteiger partial charge is 0.352 e. The molecule has 1 aromatic heterocycles. The number of piperidine rings is 1. The maximum Gasteiger partial charge on any atom is 0.225 e. The Hall–Kier alpha value is -1.40. The molecule has 3 heterocycles. The Morgan fingerprint density at radius 1 is 1.50 bits per heavy atom. The Balaban J connectivity index is 1.61. The molecule has 3 rings (SSSR count). The van der Waals surface area contributed by atoms with Gasteiger partial charge in [0.1, 0.15) is 0 Å². The molecule has 0 saturated carbocycles. The van der Waals surface area contributed by atoms with E-state index in [-0.39, 0.29) is 17.7 Å². The van der Waals surface area contributed by atoms with E-state index in [9.17, 15) is 4.79 Å². The van der Waals surface area contributed by atoms with E-state index in [0.717, 1.165) is 44.7 Å². The first-order valence-corrected chi connectivity index (χ1v) is 8.39. The first-order valence-electron chi connectivity index (χ1n) is 8.39. The van der Waals surface area contributed by atoms with Crippen molar-refractivity contribution in [1.82, 2.24) is 25.3 Å². The molecule has 0 aromatic carbocycles. The number of carbonyl (C=O) groups is 1. The number of rotatable bonds is 4. The van der Waals surface area contributed by atoms with Crippen LogP contribution in [0.15, 0.2) is 12.4 Å². The number of aromatic nitrogens is 2. The highest BCUT2D eigenvalue weighted by molar-refractivity contribution is 5.80. The van der Waals surface area contributed by atoms with Crippen molar-refractivity contribution in [2.45, 2.75) is 31.7 Å². The molecule has 1 unspecified atom stereocenters. The van der Waals surface area contributed by atoms with E-state index in [2.05, 4.69) is 27.6 Å². The van der Waals surface area contributed by atoms with E-state index < -0.39 is 0 Å². The molecule has 2 aliphatic heterocycles. The first kappa shape index (κ1) is 15.5. The van der Waals surface area contributed by atoms with Gasteiger partial charge < -0.3 is 15.5 Å². The van der Waals surface area contributed by atoms with Gasteiger partial charge in [0.2, 0.25) is 5.91 Å². The van der Waals surface area contributed by atoms with E-state index in [1.807, 2.05) is 24.1 Å². The van der Waals surface area contributed by atoms with Crippen LogP contribution in [0.3, 0.4) is 0 Å². The second kappa shape index (κ2) is 6.79. The molecule has 0 radical (unpaired) electrons. The minimum atomic E-state index is 0.0150. The lowest BCUT2D eigenvalue weighted by atomic mass is 9.90. The average molecular weight is 305 g/mol. The second-order valence-electron chi connectivity index (χ2n) is 6.56. The first-order chi connectivity index (χ1) is 10.7. The summed E-state index contributed by atoms with van der Waals surface area (Å²) >= 11 is 0. The van der Waals surface area contributed by atoms with E-state index in [4.69, 9.17) is 0 Å². The van der Waals surface area contributed by atoms with Crippen LogP contribution in [-0.4, -0.2) is 59.4 Å². The van der Waals surface area contributed by atoms with Gasteiger partial charge in [-0.1, -0.05) is 6.92 Å². The van der Waals surface area contributed by atoms with Gasteiger partial charge in [0.25, 0.3) is 0 Å². The lowest BCUT2D eigenvalue weighted by Gasteiger charge is -2.33. The number of nitrogens with zero attached hydrogens (tertiary/aromatic N) is 3. The van der Waals surface area contributed by atoms with E-state index in [0.29, 0.717) is 6.04 Å². The SMILES string of the molecule is CCN1CCCC(NC(=O)[C@H]2CNC[C@@H]2c2cnn(C)c2)C1. The third-order valence-corrected chi connectivity index (χ3v) is 5.00. The van der Waals surface area contributed by atoms with E-state index in [1.54, 1.807) is 0 Å². The summed E-state index contributed by atoms with van der Waals surface area (Å²) in [5, 5.41) is 10.9. The fourth-order valence-electron chi connectivity index (χ4n) is 3.70. The highest BCUT2D eigenvalue weighted by Crippen LogP contribution is 2.28. The molecule has 1 amide bonds. The van der Waals surface area contributed by atoms with Gasteiger partial charge in [-0.05, 0) is 31.5 Å². The fourth-order valence-corrected chi connectivity index (χ4v) is 3.70. The zero-order valence-electron chi connectivity index (χ0n) is 13.6. The molecule has 2 aliphatic rings. The van der Waals surface area contributed by atoms with Crippen LogP contribution in [0.25, 0.3) is 0 Å². The predicted octanol–water partition coefficient (Wildman–Crippen LogP) is 0.324. The van der Waals surface area contributed by atoms with Crippen molar-refractivity contribution in [1.29, 1.82) is 0 Å². The number of carbonyl (C=O) groups excluding carboxylic acids is 1. The molecule has 3 atom stereocenters. The van der Waals surface area contributed by atoms with Crippen LogP contribution in [0.4, 0.5) is 0 Å². The van der Waals surface area contributed by atoms with Crippen molar-refractivity contribution in [2.24, 2.45) is 13.0 Å². The van der Waals surface area contributed by atoms with Gasteiger partial charge in [-0.2, -0.15) is 5.10 Å². The number of likely N-dealkylation sites (tertiary alicyclic amines) is 1. The third kappa shape index (κ3) is 3.33. The number of hydrogen-bond acceptors (Lipinski definition) is 4. The maximum atomic E-state index is 12.7. The molecule has 2 fully saturated rings. The number of likely N-dealkylation sites (N-methyl/N-ethyl adjacent to an activating group) is 1. The van der Waals surface area contributed by atoms with Crippen LogP contribution in [-0.2, 0) is 11.8 Å². The van der Waals surface area contributed by atoms with Gasteiger partial charge in [-0.25, -0.2) is 0 Å². The monoisotopic (exact) mass is 305 g/mol. The zero-order chi connectivity index (χ0) is 15.5. The zero-order valence-corrected chi connectivity index (χ0v) is 13.6. The third-order valence-electron chi connectivity index (χ3n) is 5.00. The van der Waals surface area contributed by atoms with Crippen LogP contribution in [0.1, 0.15) is 31.2 Å². The summed E-state index contributed by atoms with van der Waals surface area (Å²) in [7, 11) is 1.92. The summed E-state index contributed by atoms with van der Waals surface area (Å²) in [5.41, 5.74) is 1.16. The van der Waals surface area contributed by atoms with Crippen LogP contribution in [0.2, 0.25) is 0 Å². The predicted molar refractivity (Wildman–Crippen MR) is 85.6 cm³/mol. The summed E-state index contributed by atoms with van der Waals surface area (Å²) in [6.45, 7) is 7.01. The van der Waals surface area contributed by atoms with Crippen molar-refractivity contribution in [3.63, 3.8) is 0 Å². The van der Waals surface area contributed by atoms with Crippen molar-refractivity contribution in [3.05, 3.63) is 18.0 Å². The Kier molecular flexibility index (Phi) is 4.78. The quantitative estimate of drug-likeness (QED) is 0.841.